The van der Waals surface area contributed by atoms with Gasteiger partial charge in [-0.2, -0.15) is 0 Å². The van der Waals surface area contributed by atoms with E-state index in [1.165, 1.54) is 17.8 Å². The quantitative estimate of drug-likeness (QED) is 0.883. The van der Waals surface area contributed by atoms with E-state index in [0.29, 0.717) is 11.6 Å². The SMILES string of the molecule is CCC(=O)Nc1nc2ccc(NC(=O)C3CCCCC3)cc2s1. The number of thiazole rings is 1. The summed E-state index contributed by atoms with van der Waals surface area (Å²) in [6, 6.07) is 5.67. The number of carbonyl (C=O) groups is 2. The number of nitrogens with zero attached hydrogens (tertiary/aromatic N) is 1. The van der Waals surface area contributed by atoms with Crippen LogP contribution < -0.4 is 10.6 Å². The molecule has 2 aromatic rings. The van der Waals surface area contributed by atoms with Crippen molar-refractivity contribution in [1.82, 2.24) is 4.98 Å². The summed E-state index contributed by atoms with van der Waals surface area (Å²) in [6.45, 7) is 1.81. The molecule has 122 valence electrons. The molecule has 0 unspecified atom stereocenters. The predicted molar refractivity (Wildman–Crippen MR) is 93.7 cm³/mol. The summed E-state index contributed by atoms with van der Waals surface area (Å²) in [5.74, 6) is 0.211. The van der Waals surface area contributed by atoms with Crippen molar-refractivity contribution in [3.63, 3.8) is 0 Å². The molecule has 3 rings (SSSR count). The molecule has 0 aliphatic heterocycles. The van der Waals surface area contributed by atoms with Crippen LogP contribution in [0.1, 0.15) is 45.4 Å². The summed E-state index contributed by atoms with van der Waals surface area (Å²) in [5.41, 5.74) is 1.63. The Morgan fingerprint density at radius 2 is 2.00 bits per heavy atom. The van der Waals surface area contributed by atoms with Gasteiger partial charge in [0.15, 0.2) is 5.13 Å². The van der Waals surface area contributed by atoms with Crippen LogP contribution in [0.3, 0.4) is 0 Å². The Balaban J connectivity index is 1.71. The lowest BCUT2D eigenvalue weighted by Gasteiger charge is -2.20. The zero-order chi connectivity index (χ0) is 16.2. The molecule has 1 aliphatic rings. The third-order valence-corrected chi connectivity index (χ3v) is 5.13. The molecule has 6 heteroatoms. The van der Waals surface area contributed by atoms with Gasteiger partial charge in [0.05, 0.1) is 10.2 Å². The van der Waals surface area contributed by atoms with Gasteiger partial charge in [-0.3, -0.25) is 9.59 Å². The number of fused-ring (bicyclic) bond motifs is 1. The van der Waals surface area contributed by atoms with Crippen molar-refractivity contribution >= 4 is 44.2 Å². The molecule has 1 aromatic heterocycles. The van der Waals surface area contributed by atoms with Crippen LogP contribution in [-0.2, 0) is 9.59 Å². The predicted octanol–water partition coefficient (Wildman–Crippen LogP) is 4.16. The van der Waals surface area contributed by atoms with Gasteiger partial charge in [0.1, 0.15) is 0 Å². The largest absolute Gasteiger partial charge is 0.326 e. The number of carbonyl (C=O) groups excluding carboxylic acids is 2. The number of hydrogen-bond acceptors (Lipinski definition) is 4. The van der Waals surface area contributed by atoms with Gasteiger partial charge >= 0.3 is 0 Å². The van der Waals surface area contributed by atoms with E-state index in [-0.39, 0.29) is 17.7 Å². The number of hydrogen-bond donors (Lipinski definition) is 2. The molecule has 0 atom stereocenters. The van der Waals surface area contributed by atoms with Crippen molar-refractivity contribution in [2.24, 2.45) is 5.92 Å². The van der Waals surface area contributed by atoms with Gasteiger partial charge in [0.25, 0.3) is 0 Å². The Kier molecular flexibility index (Phi) is 4.91. The highest BCUT2D eigenvalue weighted by atomic mass is 32.1. The van der Waals surface area contributed by atoms with Crippen LogP contribution in [0, 0.1) is 5.92 Å². The topological polar surface area (TPSA) is 71.1 Å². The number of anilines is 2. The Bertz CT molecular complexity index is 720. The van der Waals surface area contributed by atoms with Gasteiger partial charge in [0, 0.05) is 18.0 Å². The first-order valence-corrected chi connectivity index (χ1v) is 8.98. The molecule has 5 nitrogen and oxygen atoms in total. The molecular formula is C17H21N3O2S. The third-order valence-electron chi connectivity index (χ3n) is 4.20. The summed E-state index contributed by atoms with van der Waals surface area (Å²) in [6.07, 6.45) is 5.93. The number of nitrogens with one attached hydrogen (secondary N) is 2. The van der Waals surface area contributed by atoms with Crippen molar-refractivity contribution in [1.29, 1.82) is 0 Å². The van der Waals surface area contributed by atoms with E-state index < -0.39 is 0 Å². The van der Waals surface area contributed by atoms with Gasteiger partial charge in [0.2, 0.25) is 11.8 Å². The molecule has 0 bridgehead atoms. The zero-order valence-corrected chi connectivity index (χ0v) is 14.0. The van der Waals surface area contributed by atoms with E-state index in [9.17, 15) is 9.59 Å². The number of aromatic nitrogens is 1. The van der Waals surface area contributed by atoms with Gasteiger partial charge < -0.3 is 10.6 Å². The third kappa shape index (κ3) is 3.88. The van der Waals surface area contributed by atoms with Gasteiger partial charge in [-0.25, -0.2) is 4.98 Å². The maximum atomic E-state index is 12.3. The molecule has 0 saturated heterocycles. The van der Waals surface area contributed by atoms with Crippen molar-refractivity contribution in [3.8, 4) is 0 Å². The minimum atomic E-state index is -0.0464. The van der Waals surface area contributed by atoms with E-state index in [1.54, 1.807) is 0 Å². The normalized spacial score (nSPS) is 15.5. The average molecular weight is 331 g/mol. The summed E-state index contributed by atoms with van der Waals surface area (Å²) >= 11 is 1.42. The molecule has 2 N–H and O–H groups in total. The maximum absolute atomic E-state index is 12.3. The Morgan fingerprint density at radius 3 is 2.74 bits per heavy atom. The molecule has 2 amide bonds. The highest BCUT2D eigenvalue weighted by Crippen LogP contribution is 2.29. The second kappa shape index (κ2) is 7.08. The van der Waals surface area contributed by atoms with Gasteiger partial charge in [-0.1, -0.05) is 37.5 Å². The lowest BCUT2D eigenvalue weighted by molar-refractivity contribution is -0.120. The van der Waals surface area contributed by atoms with Gasteiger partial charge in [-0.05, 0) is 31.0 Å². The van der Waals surface area contributed by atoms with Crippen molar-refractivity contribution in [2.75, 3.05) is 10.6 Å². The molecule has 1 aliphatic carbocycles. The van der Waals surface area contributed by atoms with Crippen LogP contribution in [0.15, 0.2) is 18.2 Å². The first kappa shape index (κ1) is 15.9. The molecule has 1 aromatic carbocycles. The van der Waals surface area contributed by atoms with Crippen molar-refractivity contribution < 1.29 is 9.59 Å². The lowest BCUT2D eigenvalue weighted by atomic mass is 9.88. The molecule has 1 saturated carbocycles. The van der Waals surface area contributed by atoms with Crippen LogP contribution >= 0.6 is 11.3 Å². The minimum Gasteiger partial charge on any atom is -0.326 e. The van der Waals surface area contributed by atoms with E-state index in [4.69, 9.17) is 0 Å². The van der Waals surface area contributed by atoms with Crippen LogP contribution in [0.4, 0.5) is 10.8 Å². The highest BCUT2D eigenvalue weighted by Gasteiger charge is 2.21. The van der Waals surface area contributed by atoms with Crippen LogP contribution in [0.5, 0.6) is 0 Å². The second-order valence-electron chi connectivity index (χ2n) is 5.93. The summed E-state index contributed by atoms with van der Waals surface area (Å²) < 4.78 is 0.956. The fourth-order valence-corrected chi connectivity index (χ4v) is 3.79. The Hall–Kier alpha value is -1.95. The lowest BCUT2D eigenvalue weighted by Crippen LogP contribution is -2.24. The van der Waals surface area contributed by atoms with E-state index in [2.05, 4.69) is 15.6 Å². The number of amides is 2. The molecule has 0 radical (unpaired) electrons. The standard InChI is InChI=1S/C17H21N3O2S/c1-2-15(21)20-17-19-13-9-8-12(10-14(13)23-17)18-16(22)11-6-4-3-5-7-11/h8-11H,2-7H2,1H3,(H,18,22)(H,19,20,21). The smallest absolute Gasteiger partial charge is 0.227 e. The molecular weight excluding hydrogens is 310 g/mol. The van der Waals surface area contributed by atoms with Crippen LogP contribution in [-0.4, -0.2) is 16.8 Å². The Morgan fingerprint density at radius 1 is 1.22 bits per heavy atom. The fourth-order valence-electron chi connectivity index (χ4n) is 2.87. The first-order valence-electron chi connectivity index (χ1n) is 8.17. The number of benzene rings is 1. The Labute approximate surface area is 139 Å². The highest BCUT2D eigenvalue weighted by molar-refractivity contribution is 7.22. The maximum Gasteiger partial charge on any atom is 0.227 e. The minimum absolute atomic E-state index is 0.0464. The molecule has 23 heavy (non-hydrogen) atoms. The summed E-state index contributed by atoms with van der Waals surface area (Å²) in [4.78, 5) is 28.1. The monoisotopic (exact) mass is 331 g/mol. The van der Waals surface area contributed by atoms with E-state index in [1.807, 2.05) is 25.1 Å². The van der Waals surface area contributed by atoms with Gasteiger partial charge in [-0.15, -0.1) is 0 Å². The summed E-state index contributed by atoms with van der Waals surface area (Å²) in [5, 5.41) is 6.39. The second-order valence-corrected chi connectivity index (χ2v) is 6.96. The number of rotatable bonds is 4. The van der Waals surface area contributed by atoms with Crippen molar-refractivity contribution in [2.45, 2.75) is 45.4 Å². The van der Waals surface area contributed by atoms with E-state index >= 15 is 0 Å². The molecule has 0 spiro atoms. The van der Waals surface area contributed by atoms with Crippen LogP contribution in [0.2, 0.25) is 0 Å². The first-order chi connectivity index (χ1) is 11.2. The average Bonchev–Trinajstić information content (AvgIpc) is 2.96. The van der Waals surface area contributed by atoms with Crippen molar-refractivity contribution in [3.05, 3.63) is 18.2 Å². The van der Waals surface area contributed by atoms with Crippen LogP contribution in [0.25, 0.3) is 10.2 Å². The van der Waals surface area contributed by atoms with E-state index in [0.717, 1.165) is 41.6 Å². The fraction of sp³-hybridized carbons (Fsp3) is 0.471. The summed E-state index contributed by atoms with van der Waals surface area (Å²) in [7, 11) is 0. The molecule has 1 fully saturated rings. The molecule has 1 heterocycles. The zero-order valence-electron chi connectivity index (χ0n) is 13.2.